The van der Waals surface area contributed by atoms with Crippen molar-refractivity contribution in [1.82, 2.24) is 4.72 Å². The molecule has 4 heteroatoms. The minimum absolute atomic E-state index is 0.264. The van der Waals surface area contributed by atoms with Gasteiger partial charge in [-0.3, -0.25) is 0 Å². The summed E-state index contributed by atoms with van der Waals surface area (Å²) in [5.41, 5.74) is 1.11. The maximum atomic E-state index is 10.8. The second-order valence-electron chi connectivity index (χ2n) is 3.39. The van der Waals surface area contributed by atoms with Gasteiger partial charge in [-0.25, -0.2) is 13.1 Å². The molecule has 0 aromatic carbocycles. The van der Waals surface area contributed by atoms with Crippen LogP contribution in [-0.2, 0) is 10.0 Å². The van der Waals surface area contributed by atoms with E-state index in [1.54, 1.807) is 0 Å². The summed E-state index contributed by atoms with van der Waals surface area (Å²) in [6.45, 7) is 4.38. The molecule has 0 aromatic rings. The van der Waals surface area contributed by atoms with Crippen LogP contribution in [0.25, 0.3) is 0 Å². The SMILES string of the molecule is C=C1CC=CCC1CNS(C)(=O)=O. The second-order valence-corrected chi connectivity index (χ2v) is 5.22. The Balaban J connectivity index is 2.46. The Morgan fingerprint density at radius 3 is 2.85 bits per heavy atom. The molecular formula is C9H15NO2S. The minimum Gasteiger partial charge on any atom is -0.215 e. The van der Waals surface area contributed by atoms with E-state index in [2.05, 4.69) is 23.5 Å². The first-order valence-corrected chi connectivity index (χ1v) is 6.15. The van der Waals surface area contributed by atoms with Crippen molar-refractivity contribution >= 4 is 10.0 Å². The quantitative estimate of drug-likeness (QED) is 0.694. The van der Waals surface area contributed by atoms with E-state index in [1.807, 2.05) is 0 Å². The van der Waals surface area contributed by atoms with Crippen molar-refractivity contribution < 1.29 is 8.42 Å². The molecule has 1 N–H and O–H groups in total. The van der Waals surface area contributed by atoms with Gasteiger partial charge in [-0.2, -0.15) is 0 Å². The number of hydrogen-bond donors (Lipinski definition) is 1. The van der Waals surface area contributed by atoms with E-state index in [1.165, 1.54) is 6.26 Å². The van der Waals surface area contributed by atoms with Crippen LogP contribution in [0.15, 0.2) is 24.3 Å². The summed E-state index contributed by atoms with van der Waals surface area (Å²) >= 11 is 0. The standard InChI is InChI=1S/C9H15NO2S/c1-8-5-3-4-6-9(8)7-10-13(2,11)12/h3-4,9-10H,1,5-7H2,2H3. The van der Waals surface area contributed by atoms with Gasteiger partial charge in [0.2, 0.25) is 10.0 Å². The van der Waals surface area contributed by atoms with E-state index >= 15 is 0 Å². The van der Waals surface area contributed by atoms with E-state index in [-0.39, 0.29) is 5.92 Å². The Bertz CT molecular complexity index is 317. The molecule has 0 aromatic heterocycles. The first-order valence-electron chi connectivity index (χ1n) is 4.26. The Morgan fingerprint density at radius 1 is 1.62 bits per heavy atom. The molecule has 0 aliphatic heterocycles. The highest BCUT2D eigenvalue weighted by molar-refractivity contribution is 7.88. The van der Waals surface area contributed by atoms with Crippen molar-refractivity contribution in [2.45, 2.75) is 12.8 Å². The molecule has 0 saturated carbocycles. The topological polar surface area (TPSA) is 46.2 Å². The highest BCUT2D eigenvalue weighted by atomic mass is 32.2. The number of allylic oxidation sites excluding steroid dienone is 2. The van der Waals surface area contributed by atoms with E-state index < -0.39 is 10.0 Å². The van der Waals surface area contributed by atoms with Crippen LogP contribution in [0.3, 0.4) is 0 Å². The molecule has 1 rings (SSSR count). The summed E-state index contributed by atoms with van der Waals surface area (Å²) in [5, 5.41) is 0. The maximum Gasteiger partial charge on any atom is 0.208 e. The molecule has 3 nitrogen and oxygen atoms in total. The van der Waals surface area contributed by atoms with Gasteiger partial charge in [-0.05, 0) is 18.8 Å². The molecule has 0 saturated heterocycles. The smallest absolute Gasteiger partial charge is 0.208 e. The van der Waals surface area contributed by atoms with Gasteiger partial charge in [0.1, 0.15) is 0 Å². The summed E-state index contributed by atoms with van der Waals surface area (Å²) in [5.74, 6) is 0.264. The normalized spacial score (nSPS) is 23.5. The molecule has 0 radical (unpaired) electrons. The van der Waals surface area contributed by atoms with E-state index in [9.17, 15) is 8.42 Å². The van der Waals surface area contributed by atoms with Crippen LogP contribution < -0.4 is 4.72 Å². The number of rotatable bonds is 3. The Kier molecular flexibility index (Phi) is 3.27. The fraction of sp³-hybridized carbons (Fsp3) is 0.556. The zero-order chi connectivity index (χ0) is 9.90. The van der Waals surface area contributed by atoms with Crippen LogP contribution in [-0.4, -0.2) is 21.2 Å². The maximum absolute atomic E-state index is 10.8. The van der Waals surface area contributed by atoms with E-state index in [0.29, 0.717) is 6.54 Å². The third-order valence-electron chi connectivity index (χ3n) is 2.14. The molecule has 0 bridgehead atoms. The van der Waals surface area contributed by atoms with Crippen LogP contribution in [0.1, 0.15) is 12.8 Å². The number of hydrogen-bond acceptors (Lipinski definition) is 2. The Hall–Kier alpha value is -0.610. The molecule has 1 aliphatic rings. The van der Waals surface area contributed by atoms with Crippen LogP contribution in [0.2, 0.25) is 0 Å². The average Bonchev–Trinajstić information content (AvgIpc) is 2.01. The second kappa shape index (κ2) is 4.07. The van der Waals surface area contributed by atoms with Crippen LogP contribution in [0, 0.1) is 5.92 Å². The summed E-state index contributed by atoms with van der Waals surface area (Å²) in [7, 11) is -3.06. The van der Waals surface area contributed by atoms with Crippen LogP contribution in [0.5, 0.6) is 0 Å². The molecule has 13 heavy (non-hydrogen) atoms. The van der Waals surface area contributed by atoms with Crippen molar-refractivity contribution in [3.05, 3.63) is 24.3 Å². The van der Waals surface area contributed by atoms with Crippen molar-refractivity contribution in [1.29, 1.82) is 0 Å². The monoisotopic (exact) mass is 201 g/mol. The number of sulfonamides is 1. The van der Waals surface area contributed by atoms with Crippen molar-refractivity contribution in [2.24, 2.45) is 5.92 Å². The van der Waals surface area contributed by atoms with Crippen molar-refractivity contribution in [3.63, 3.8) is 0 Å². The van der Waals surface area contributed by atoms with E-state index in [0.717, 1.165) is 18.4 Å². The zero-order valence-corrected chi connectivity index (χ0v) is 8.60. The highest BCUT2D eigenvalue weighted by Crippen LogP contribution is 2.22. The van der Waals surface area contributed by atoms with Gasteiger partial charge in [-0.1, -0.05) is 24.3 Å². The van der Waals surface area contributed by atoms with Crippen LogP contribution >= 0.6 is 0 Å². The van der Waals surface area contributed by atoms with E-state index in [4.69, 9.17) is 0 Å². The molecule has 0 amide bonds. The summed E-state index contributed by atoms with van der Waals surface area (Å²) in [6, 6.07) is 0. The molecule has 1 unspecified atom stereocenters. The lowest BCUT2D eigenvalue weighted by Crippen LogP contribution is -2.29. The minimum atomic E-state index is -3.06. The van der Waals surface area contributed by atoms with Gasteiger partial charge >= 0.3 is 0 Å². The lowest BCUT2D eigenvalue weighted by Gasteiger charge is -2.20. The zero-order valence-electron chi connectivity index (χ0n) is 7.79. The lowest BCUT2D eigenvalue weighted by atomic mass is 9.90. The molecule has 0 heterocycles. The largest absolute Gasteiger partial charge is 0.215 e. The van der Waals surface area contributed by atoms with Crippen LogP contribution in [0.4, 0.5) is 0 Å². The molecule has 1 aliphatic carbocycles. The highest BCUT2D eigenvalue weighted by Gasteiger charge is 2.14. The predicted molar refractivity (Wildman–Crippen MR) is 53.9 cm³/mol. The van der Waals surface area contributed by atoms with Gasteiger partial charge in [-0.15, -0.1) is 0 Å². The first-order chi connectivity index (χ1) is 5.99. The Morgan fingerprint density at radius 2 is 2.31 bits per heavy atom. The third-order valence-corrected chi connectivity index (χ3v) is 2.83. The lowest BCUT2D eigenvalue weighted by molar-refractivity contribution is 0.550. The van der Waals surface area contributed by atoms with Crippen molar-refractivity contribution in [3.8, 4) is 0 Å². The van der Waals surface area contributed by atoms with Gasteiger partial charge in [0.15, 0.2) is 0 Å². The molecule has 74 valence electrons. The fourth-order valence-electron chi connectivity index (χ4n) is 1.31. The predicted octanol–water partition coefficient (Wildman–Crippen LogP) is 1.06. The summed E-state index contributed by atoms with van der Waals surface area (Å²) in [4.78, 5) is 0. The fourth-order valence-corrected chi connectivity index (χ4v) is 1.81. The number of nitrogens with one attached hydrogen (secondary N) is 1. The molecule has 1 atom stereocenters. The van der Waals surface area contributed by atoms with Crippen molar-refractivity contribution in [2.75, 3.05) is 12.8 Å². The third kappa shape index (κ3) is 3.74. The molecule has 0 fully saturated rings. The molecular weight excluding hydrogens is 186 g/mol. The van der Waals surface area contributed by atoms with Gasteiger partial charge in [0.05, 0.1) is 6.26 Å². The molecule has 0 spiro atoms. The average molecular weight is 201 g/mol. The first kappa shape index (κ1) is 10.5. The van der Waals surface area contributed by atoms with Gasteiger partial charge in [0, 0.05) is 6.54 Å². The summed E-state index contributed by atoms with van der Waals surface area (Å²) < 4.78 is 24.1. The van der Waals surface area contributed by atoms with Gasteiger partial charge < -0.3 is 0 Å². The summed E-state index contributed by atoms with van der Waals surface area (Å²) in [6.07, 6.45) is 7.08. The Labute approximate surface area is 79.6 Å². The van der Waals surface area contributed by atoms with Gasteiger partial charge in [0.25, 0.3) is 0 Å².